The standard InChI is InChI=1S/C14H11ClO4/c1-8-5-13(17)19-14-10(8)3-4-12(11(14)6-16)18-7-9(2)15/h3-6H,2,7H2,1H3. The average Bonchev–Trinajstić information content (AvgIpc) is 2.35. The molecule has 1 aromatic carbocycles. The van der Waals surface area contributed by atoms with Crippen molar-refractivity contribution >= 4 is 28.9 Å². The fourth-order valence-corrected chi connectivity index (χ4v) is 1.83. The van der Waals surface area contributed by atoms with Crippen molar-refractivity contribution in [2.45, 2.75) is 6.92 Å². The lowest BCUT2D eigenvalue weighted by molar-refractivity contribution is 0.112. The van der Waals surface area contributed by atoms with Crippen LogP contribution >= 0.6 is 11.6 Å². The van der Waals surface area contributed by atoms with Gasteiger partial charge in [0.15, 0.2) is 11.9 Å². The molecule has 0 unspecified atom stereocenters. The molecule has 0 saturated carbocycles. The van der Waals surface area contributed by atoms with Gasteiger partial charge < -0.3 is 9.15 Å². The molecule has 0 fully saturated rings. The first-order valence-electron chi connectivity index (χ1n) is 5.51. The molecule has 4 nitrogen and oxygen atoms in total. The molecule has 0 spiro atoms. The van der Waals surface area contributed by atoms with E-state index in [0.717, 1.165) is 5.56 Å². The van der Waals surface area contributed by atoms with Crippen molar-refractivity contribution in [1.29, 1.82) is 0 Å². The summed E-state index contributed by atoms with van der Waals surface area (Å²) in [5.41, 5.74) is 0.642. The summed E-state index contributed by atoms with van der Waals surface area (Å²) in [6.45, 7) is 5.34. The van der Waals surface area contributed by atoms with Crippen molar-refractivity contribution in [3.05, 3.63) is 51.4 Å². The smallest absolute Gasteiger partial charge is 0.336 e. The number of ether oxygens (including phenoxy) is 1. The fourth-order valence-electron chi connectivity index (χ4n) is 1.78. The van der Waals surface area contributed by atoms with Gasteiger partial charge in [-0.05, 0) is 24.6 Å². The molecular weight excluding hydrogens is 268 g/mol. The highest BCUT2D eigenvalue weighted by atomic mass is 35.5. The minimum atomic E-state index is -0.507. The van der Waals surface area contributed by atoms with Gasteiger partial charge in [0, 0.05) is 16.5 Å². The van der Waals surface area contributed by atoms with Crippen molar-refractivity contribution in [3.63, 3.8) is 0 Å². The number of halogens is 1. The van der Waals surface area contributed by atoms with E-state index in [9.17, 15) is 9.59 Å². The van der Waals surface area contributed by atoms with Gasteiger partial charge in [-0.15, -0.1) is 0 Å². The lowest BCUT2D eigenvalue weighted by Gasteiger charge is -2.09. The van der Waals surface area contributed by atoms with Crippen LogP contribution < -0.4 is 10.4 Å². The molecule has 0 bridgehead atoms. The number of aryl methyl sites for hydroxylation is 1. The van der Waals surface area contributed by atoms with E-state index in [4.69, 9.17) is 20.8 Å². The summed E-state index contributed by atoms with van der Waals surface area (Å²) >= 11 is 5.61. The molecule has 98 valence electrons. The zero-order chi connectivity index (χ0) is 14.0. The minimum Gasteiger partial charge on any atom is -0.487 e. The number of rotatable bonds is 4. The van der Waals surface area contributed by atoms with Gasteiger partial charge in [-0.25, -0.2) is 4.79 Å². The number of fused-ring (bicyclic) bond motifs is 1. The van der Waals surface area contributed by atoms with Crippen LogP contribution in [0.1, 0.15) is 15.9 Å². The second-order valence-electron chi connectivity index (χ2n) is 4.03. The summed E-state index contributed by atoms with van der Waals surface area (Å²) in [7, 11) is 0. The summed E-state index contributed by atoms with van der Waals surface area (Å²) in [6.07, 6.45) is 0.594. The van der Waals surface area contributed by atoms with E-state index in [0.29, 0.717) is 22.5 Å². The van der Waals surface area contributed by atoms with Gasteiger partial charge >= 0.3 is 5.63 Å². The van der Waals surface area contributed by atoms with Crippen LogP contribution in [0.3, 0.4) is 0 Å². The van der Waals surface area contributed by atoms with Crippen LogP contribution in [0.2, 0.25) is 0 Å². The van der Waals surface area contributed by atoms with Crippen molar-refractivity contribution in [1.82, 2.24) is 0 Å². The highest BCUT2D eigenvalue weighted by Crippen LogP contribution is 2.28. The Morgan fingerprint density at radius 3 is 2.89 bits per heavy atom. The van der Waals surface area contributed by atoms with Crippen LogP contribution in [0, 0.1) is 6.92 Å². The maximum Gasteiger partial charge on any atom is 0.336 e. The van der Waals surface area contributed by atoms with E-state index < -0.39 is 5.63 Å². The Kier molecular flexibility index (Phi) is 3.71. The summed E-state index contributed by atoms with van der Waals surface area (Å²) in [5, 5.41) is 1.00. The normalized spacial score (nSPS) is 10.4. The Bertz CT molecular complexity index is 715. The number of benzene rings is 1. The number of carbonyl (C=O) groups excluding carboxylic acids is 1. The van der Waals surface area contributed by atoms with Crippen LogP contribution in [0.5, 0.6) is 5.75 Å². The second-order valence-corrected chi connectivity index (χ2v) is 4.56. The first kappa shape index (κ1) is 13.4. The van der Waals surface area contributed by atoms with E-state index in [2.05, 4.69) is 6.58 Å². The van der Waals surface area contributed by atoms with Crippen molar-refractivity contribution in [2.24, 2.45) is 0 Å². The summed E-state index contributed by atoms with van der Waals surface area (Å²) in [6, 6.07) is 4.74. The molecule has 19 heavy (non-hydrogen) atoms. The van der Waals surface area contributed by atoms with Gasteiger partial charge in [0.05, 0.1) is 5.56 Å². The van der Waals surface area contributed by atoms with Crippen LogP contribution in [0.15, 0.2) is 39.0 Å². The molecule has 1 heterocycles. The predicted molar refractivity (Wildman–Crippen MR) is 73.1 cm³/mol. The SMILES string of the molecule is C=C(Cl)COc1ccc2c(C)cc(=O)oc2c1C=O. The third-order valence-corrected chi connectivity index (χ3v) is 2.73. The summed E-state index contributed by atoms with van der Waals surface area (Å²) in [4.78, 5) is 22.6. The van der Waals surface area contributed by atoms with Gasteiger partial charge in [0.25, 0.3) is 0 Å². The molecule has 2 rings (SSSR count). The molecule has 1 aromatic heterocycles. The maximum atomic E-state index is 11.4. The molecular formula is C14H11ClO4. The number of hydrogen-bond donors (Lipinski definition) is 0. The number of aldehydes is 1. The van der Waals surface area contributed by atoms with E-state index in [1.165, 1.54) is 6.07 Å². The highest BCUT2D eigenvalue weighted by molar-refractivity contribution is 6.29. The van der Waals surface area contributed by atoms with Crippen molar-refractivity contribution < 1.29 is 13.9 Å². The third-order valence-electron chi connectivity index (χ3n) is 2.62. The van der Waals surface area contributed by atoms with Crippen LogP contribution in [0.25, 0.3) is 11.0 Å². The Morgan fingerprint density at radius 2 is 2.26 bits per heavy atom. The van der Waals surface area contributed by atoms with E-state index in [1.54, 1.807) is 19.1 Å². The van der Waals surface area contributed by atoms with Gasteiger partial charge in [-0.3, -0.25) is 4.79 Å². The number of carbonyl (C=O) groups is 1. The molecule has 0 aliphatic heterocycles. The highest BCUT2D eigenvalue weighted by Gasteiger charge is 2.13. The van der Waals surface area contributed by atoms with Gasteiger partial charge in [-0.2, -0.15) is 0 Å². The van der Waals surface area contributed by atoms with Crippen molar-refractivity contribution in [2.75, 3.05) is 6.61 Å². The van der Waals surface area contributed by atoms with Gasteiger partial charge in [-0.1, -0.05) is 18.2 Å². The fraction of sp³-hybridized carbons (Fsp3) is 0.143. The van der Waals surface area contributed by atoms with Crippen molar-refractivity contribution in [3.8, 4) is 5.75 Å². The molecule has 0 atom stereocenters. The summed E-state index contributed by atoms with van der Waals surface area (Å²) in [5.74, 6) is 0.304. The first-order valence-corrected chi connectivity index (χ1v) is 5.89. The van der Waals surface area contributed by atoms with Crippen LogP contribution in [-0.4, -0.2) is 12.9 Å². The zero-order valence-electron chi connectivity index (χ0n) is 10.2. The minimum absolute atomic E-state index is 0.0734. The van der Waals surface area contributed by atoms with E-state index >= 15 is 0 Å². The largest absolute Gasteiger partial charge is 0.487 e. The maximum absolute atomic E-state index is 11.4. The first-order chi connectivity index (χ1) is 9.02. The lowest BCUT2D eigenvalue weighted by atomic mass is 10.1. The van der Waals surface area contributed by atoms with Crippen LogP contribution in [-0.2, 0) is 0 Å². The number of hydrogen-bond acceptors (Lipinski definition) is 4. The molecule has 0 aliphatic carbocycles. The molecule has 5 heteroatoms. The Labute approximate surface area is 114 Å². The Hall–Kier alpha value is -2.07. The summed E-state index contributed by atoms with van der Waals surface area (Å²) < 4.78 is 10.4. The lowest BCUT2D eigenvalue weighted by Crippen LogP contribution is -2.03. The van der Waals surface area contributed by atoms with Crippen LogP contribution in [0.4, 0.5) is 0 Å². The quantitative estimate of drug-likeness (QED) is 0.637. The zero-order valence-corrected chi connectivity index (χ0v) is 11.0. The van der Waals surface area contributed by atoms with E-state index in [1.807, 2.05) is 0 Å². The Morgan fingerprint density at radius 1 is 1.53 bits per heavy atom. The monoisotopic (exact) mass is 278 g/mol. The molecule has 0 saturated heterocycles. The predicted octanol–water partition coefficient (Wildman–Crippen LogP) is 3.05. The van der Waals surface area contributed by atoms with Gasteiger partial charge in [0.2, 0.25) is 0 Å². The molecule has 0 aliphatic rings. The average molecular weight is 279 g/mol. The molecule has 0 amide bonds. The van der Waals surface area contributed by atoms with E-state index in [-0.39, 0.29) is 17.8 Å². The van der Waals surface area contributed by atoms with Gasteiger partial charge in [0.1, 0.15) is 12.4 Å². The topological polar surface area (TPSA) is 56.5 Å². The third kappa shape index (κ3) is 2.69. The Balaban J connectivity index is 2.65. The molecule has 0 radical (unpaired) electrons. The second kappa shape index (κ2) is 5.28. The molecule has 2 aromatic rings. The molecule has 0 N–H and O–H groups in total.